The minimum absolute atomic E-state index is 0.181. The molecule has 156 valence electrons. The van der Waals surface area contributed by atoms with E-state index < -0.39 is 0 Å². The van der Waals surface area contributed by atoms with Gasteiger partial charge >= 0.3 is 5.97 Å². The zero-order valence-electron chi connectivity index (χ0n) is 17.4. The van der Waals surface area contributed by atoms with Crippen molar-refractivity contribution in [3.8, 4) is 17.2 Å². The number of ether oxygens (including phenoxy) is 3. The third kappa shape index (κ3) is 6.96. The lowest BCUT2D eigenvalue weighted by Gasteiger charge is -2.09. The van der Waals surface area contributed by atoms with Crippen molar-refractivity contribution in [1.82, 2.24) is 0 Å². The number of carbonyl (C=O) groups excluding carboxylic acids is 1. The Morgan fingerprint density at radius 3 is 2.30 bits per heavy atom. The lowest BCUT2D eigenvalue weighted by molar-refractivity contribution is 0.0472. The molecule has 30 heavy (non-hydrogen) atoms. The van der Waals surface area contributed by atoms with Crippen LogP contribution in [0, 0.1) is 0 Å². The normalized spacial score (nSPS) is 10.4. The van der Waals surface area contributed by atoms with E-state index in [-0.39, 0.29) is 12.6 Å². The SMILES string of the molecule is CCCCCCOc1ccc(C(=O)OCc2cccc(Oc3ccccc3)c2)cc1. The van der Waals surface area contributed by atoms with Gasteiger partial charge in [-0.25, -0.2) is 4.79 Å². The fourth-order valence-electron chi connectivity index (χ4n) is 2.96. The predicted octanol–water partition coefficient (Wildman–Crippen LogP) is 6.80. The van der Waals surface area contributed by atoms with Gasteiger partial charge in [-0.05, 0) is 60.5 Å². The second kappa shape index (κ2) is 11.7. The summed E-state index contributed by atoms with van der Waals surface area (Å²) in [5, 5.41) is 0. The molecular formula is C26H28O4. The van der Waals surface area contributed by atoms with Crippen molar-refractivity contribution in [2.75, 3.05) is 6.61 Å². The summed E-state index contributed by atoms with van der Waals surface area (Å²) in [5.74, 6) is 1.88. The lowest BCUT2D eigenvalue weighted by atomic mass is 10.2. The van der Waals surface area contributed by atoms with E-state index in [1.54, 1.807) is 12.1 Å². The van der Waals surface area contributed by atoms with Crippen molar-refractivity contribution in [3.05, 3.63) is 90.0 Å². The van der Waals surface area contributed by atoms with Crippen molar-refractivity contribution in [1.29, 1.82) is 0 Å². The number of rotatable bonds is 11. The van der Waals surface area contributed by atoms with Crippen LogP contribution in [0.25, 0.3) is 0 Å². The molecule has 0 N–H and O–H groups in total. The average molecular weight is 405 g/mol. The molecule has 0 aromatic heterocycles. The van der Waals surface area contributed by atoms with E-state index in [1.165, 1.54) is 19.3 Å². The molecule has 0 saturated heterocycles. The first kappa shape index (κ1) is 21.4. The predicted molar refractivity (Wildman–Crippen MR) is 118 cm³/mol. The molecule has 4 heteroatoms. The number of para-hydroxylation sites is 1. The average Bonchev–Trinajstić information content (AvgIpc) is 2.79. The lowest BCUT2D eigenvalue weighted by Crippen LogP contribution is -2.05. The number of hydrogen-bond donors (Lipinski definition) is 0. The van der Waals surface area contributed by atoms with Crippen LogP contribution in [0.3, 0.4) is 0 Å². The summed E-state index contributed by atoms with van der Waals surface area (Å²) in [6, 6.07) is 24.2. The van der Waals surface area contributed by atoms with Gasteiger partial charge in [0.1, 0.15) is 23.9 Å². The molecule has 0 bridgehead atoms. The zero-order valence-corrected chi connectivity index (χ0v) is 17.4. The summed E-state index contributed by atoms with van der Waals surface area (Å²) in [6.07, 6.45) is 4.67. The summed E-state index contributed by atoms with van der Waals surface area (Å²) in [5.41, 5.74) is 1.37. The maximum absolute atomic E-state index is 12.3. The highest BCUT2D eigenvalue weighted by atomic mass is 16.5. The van der Waals surface area contributed by atoms with E-state index in [2.05, 4.69) is 6.92 Å². The van der Waals surface area contributed by atoms with Crippen molar-refractivity contribution in [2.24, 2.45) is 0 Å². The van der Waals surface area contributed by atoms with Crippen LogP contribution in [-0.2, 0) is 11.3 Å². The zero-order chi connectivity index (χ0) is 21.0. The molecule has 0 saturated carbocycles. The maximum atomic E-state index is 12.3. The molecule has 0 aliphatic carbocycles. The van der Waals surface area contributed by atoms with Crippen molar-refractivity contribution >= 4 is 5.97 Å². The van der Waals surface area contributed by atoms with E-state index in [0.29, 0.717) is 17.9 Å². The van der Waals surface area contributed by atoms with Crippen LogP contribution in [0.2, 0.25) is 0 Å². The second-order valence-electron chi connectivity index (χ2n) is 7.07. The Morgan fingerprint density at radius 1 is 0.767 bits per heavy atom. The largest absolute Gasteiger partial charge is 0.494 e. The van der Waals surface area contributed by atoms with Gasteiger partial charge in [0, 0.05) is 0 Å². The third-order valence-corrected chi connectivity index (χ3v) is 4.60. The van der Waals surface area contributed by atoms with Gasteiger partial charge < -0.3 is 14.2 Å². The van der Waals surface area contributed by atoms with E-state index >= 15 is 0 Å². The molecule has 0 aliphatic rings. The molecule has 3 rings (SSSR count). The molecule has 0 aliphatic heterocycles. The maximum Gasteiger partial charge on any atom is 0.338 e. The molecule has 0 atom stereocenters. The van der Waals surface area contributed by atoms with Crippen molar-refractivity contribution < 1.29 is 19.0 Å². The van der Waals surface area contributed by atoms with E-state index in [0.717, 1.165) is 23.5 Å². The van der Waals surface area contributed by atoms with Crippen LogP contribution in [-0.4, -0.2) is 12.6 Å². The number of unbranched alkanes of at least 4 members (excludes halogenated alkanes) is 3. The van der Waals surface area contributed by atoms with Crippen LogP contribution < -0.4 is 9.47 Å². The first-order chi connectivity index (χ1) is 14.7. The molecule has 0 amide bonds. The summed E-state index contributed by atoms with van der Waals surface area (Å²) in [7, 11) is 0. The Hall–Kier alpha value is -3.27. The van der Waals surface area contributed by atoms with Gasteiger partial charge in [0.2, 0.25) is 0 Å². The van der Waals surface area contributed by atoms with Crippen LogP contribution in [0.5, 0.6) is 17.2 Å². The Morgan fingerprint density at radius 2 is 1.53 bits per heavy atom. The molecule has 0 unspecified atom stereocenters. The van der Waals surface area contributed by atoms with Gasteiger partial charge in [0.05, 0.1) is 12.2 Å². The first-order valence-corrected chi connectivity index (χ1v) is 10.5. The summed E-state index contributed by atoms with van der Waals surface area (Å²) < 4.78 is 17.0. The monoisotopic (exact) mass is 404 g/mol. The number of carbonyl (C=O) groups is 1. The molecule has 0 spiro atoms. The van der Waals surface area contributed by atoms with Crippen LogP contribution in [0.1, 0.15) is 48.5 Å². The fraction of sp³-hybridized carbons (Fsp3) is 0.269. The Labute approximate surface area is 178 Å². The summed E-state index contributed by atoms with van der Waals surface area (Å²) in [4.78, 5) is 12.3. The van der Waals surface area contributed by atoms with Crippen molar-refractivity contribution in [2.45, 2.75) is 39.2 Å². The first-order valence-electron chi connectivity index (χ1n) is 10.5. The molecule has 3 aromatic carbocycles. The van der Waals surface area contributed by atoms with Gasteiger partial charge in [-0.2, -0.15) is 0 Å². The molecule has 0 radical (unpaired) electrons. The van der Waals surface area contributed by atoms with E-state index in [4.69, 9.17) is 14.2 Å². The second-order valence-corrected chi connectivity index (χ2v) is 7.07. The van der Waals surface area contributed by atoms with E-state index in [1.807, 2.05) is 66.7 Å². The highest BCUT2D eigenvalue weighted by Crippen LogP contribution is 2.22. The minimum Gasteiger partial charge on any atom is -0.494 e. The molecule has 0 heterocycles. The highest BCUT2D eigenvalue weighted by molar-refractivity contribution is 5.89. The van der Waals surface area contributed by atoms with Gasteiger partial charge in [-0.3, -0.25) is 0 Å². The molecular weight excluding hydrogens is 376 g/mol. The van der Waals surface area contributed by atoms with Crippen LogP contribution in [0.15, 0.2) is 78.9 Å². The van der Waals surface area contributed by atoms with Gasteiger partial charge in [-0.1, -0.05) is 56.5 Å². The smallest absolute Gasteiger partial charge is 0.338 e. The van der Waals surface area contributed by atoms with Gasteiger partial charge in [0.25, 0.3) is 0 Å². The number of hydrogen-bond acceptors (Lipinski definition) is 4. The van der Waals surface area contributed by atoms with Crippen LogP contribution in [0.4, 0.5) is 0 Å². The standard InChI is InChI=1S/C26H28O4/c1-2-3-4-8-18-28-23-16-14-22(15-17-23)26(27)29-20-21-10-9-13-25(19-21)30-24-11-6-5-7-12-24/h5-7,9-17,19H,2-4,8,18,20H2,1H3. The Bertz CT molecular complexity index is 904. The Balaban J connectivity index is 1.47. The highest BCUT2D eigenvalue weighted by Gasteiger charge is 2.08. The Kier molecular flexibility index (Phi) is 8.34. The quantitative estimate of drug-likeness (QED) is 0.260. The minimum atomic E-state index is -0.362. The molecule has 4 nitrogen and oxygen atoms in total. The number of esters is 1. The van der Waals surface area contributed by atoms with Crippen molar-refractivity contribution in [3.63, 3.8) is 0 Å². The topological polar surface area (TPSA) is 44.8 Å². The van der Waals surface area contributed by atoms with Gasteiger partial charge in [0.15, 0.2) is 0 Å². The fourth-order valence-corrected chi connectivity index (χ4v) is 2.96. The summed E-state index contributed by atoms with van der Waals surface area (Å²) in [6.45, 7) is 3.07. The summed E-state index contributed by atoms with van der Waals surface area (Å²) >= 11 is 0. The molecule has 3 aromatic rings. The van der Waals surface area contributed by atoms with E-state index in [9.17, 15) is 4.79 Å². The molecule has 0 fully saturated rings. The third-order valence-electron chi connectivity index (χ3n) is 4.60. The number of benzene rings is 3. The van der Waals surface area contributed by atoms with Gasteiger partial charge in [-0.15, -0.1) is 0 Å². The van der Waals surface area contributed by atoms with Crippen LogP contribution >= 0.6 is 0 Å².